The number of amides is 1. The number of rotatable bonds is 5. The fourth-order valence-corrected chi connectivity index (χ4v) is 6.86. The Morgan fingerprint density at radius 2 is 2.03 bits per heavy atom. The molecule has 1 aromatic carbocycles. The monoisotopic (exact) mass is 446 g/mol. The lowest BCUT2D eigenvalue weighted by Gasteiger charge is -2.48. The first kappa shape index (κ1) is 20.6. The highest BCUT2D eigenvalue weighted by Crippen LogP contribution is 2.50. The first-order valence-electron chi connectivity index (χ1n) is 10.5. The van der Waals surface area contributed by atoms with E-state index in [1.54, 1.807) is 17.9 Å². The summed E-state index contributed by atoms with van der Waals surface area (Å²) in [4.78, 5) is 18.9. The molecule has 1 unspecified atom stereocenters. The van der Waals surface area contributed by atoms with Gasteiger partial charge >= 0.3 is 0 Å². The molecule has 2 aliphatic heterocycles. The molecule has 166 valence electrons. The number of sulfonamides is 1. The van der Waals surface area contributed by atoms with Crippen LogP contribution < -0.4 is 0 Å². The first-order valence-corrected chi connectivity index (χ1v) is 12.0. The molecule has 2 saturated heterocycles. The van der Waals surface area contributed by atoms with Gasteiger partial charge in [0.1, 0.15) is 6.61 Å². The number of benzene rings is 1. The van der Waals surface area contributed by atoms with E-state index in [4.69, 9.17) is 9.26 Å². The van der Waals surface area contributed by atoms with Crippen molar-refractivity contribution < 1.29 is 22.5 Å². The lowest BCUT2D eigenvalue weighted by molar-refractivity contribution is -0.134. The molecule has 2 aromatic rings. The maximum atomic E-state index is 13.3. The molecule has 1 spiro atoms. The maximum absolute atomic E-state index is 13.3. The van der Waals surface area contributed by atoms with Crippen LogP contribution in [0.5, 0.6) is 0 Å². The molecule has 0 saturated carbocycles. The number of nitrogens with zero attached hydrogens (tertiary/aromatic N) is 4. The Labute approximate surface area is 181 Å². The summed E-state index contributed by atoms with van der Waals surface area (Å²) in [6, 6.07) is 5.48. The molecule has 3 heterocycles. The van der Waals surface area contributed by atoms with Crippen LogP contribution in [0.2, 0.25) is 0 Å². The smallest absolute Gasteiger partial charge is 0.248 e. The predicted octanol–water partition coefficient (Wildman–Crippen LogP) is 1.13. The van der Waals surface area contributed by atoms with E-state index in [1.807, 2.05) is 12.1 Å². The van der Waals surface area contributed by atoms with E-state index >= 15 is 0 Å². The van der Waals surface area contributed by atoms with E-state index in [0.29, 0.717) is 42.8 Å². The lowest BCUT2D eigenvalue weighted by Crippen LogP contribution is -2.61. The third-order valence-corrected chi connectivity index (χ3v) is 8.59. The second-order valence-electron chi connectivity index (χ2n) is 8.86. The zero-order valence-corrected chi connectivity index (χ0v) is 18.5. The van der Waals surface area contributed by atoms with Crippen LogP contribution in [0.25, 0.3) is 0 Å². The average molecular weight is 447 g/mol. The Morgan fingerprint density at radius 3 is 2.74 bits per heavy atom. The molecule has 1 aliphatic carbocycles. The molecular formula is C21H26N4O5S. The number of aryl methyl sites for hydroxylation is 3. The molecular weight excluding hydrogens is 420 g/mol. The third kappa shape index (κ3) is 3.37. The third-order valence-electron chi connectivity index (χ3n) is 6.80. The standard InChI is InChI=1S/C21H26N4O5S/c1-14-22-20(30-23-14)18-9-24(19(26)10-29-2)11-21(18)12-25(13-21)31(27,28)17-7-6-15-4-3-5-16(15)8-17/h6-8,18H,3-5,9-13H2,1-2H3. The number of methoxy groups -OCH3 is 1. The molecule has 2 fully saturated rings. The van der Waals surface area contributed by atoms with Crippen molar-refractivity contribution in [1.82, 2.24) is 19.3 Å². The van der Waals surface area contributed by atoms with Crippen LogP contribution in [0.1, 0.15) is 35.2 Å². The largest absolute Gasteiger partial charge is 0.375 e. The number of aromatic nitrogens is 2. The Kier molecular flexibility index (Phi) is 4.91. The van der Waals surface area contributed by atoms with E-state index in [-0.39, 0.29) is 18.4 Å². The second kappa shape index (κ2) is 7.39. The average Bonchev–Trinajstić information content (AvgIpc) is 3.43. The molecule has 1 atom stereocenters. The van der Waals surface area contributed by atoms with Crippen molar-refractivity contribution in [2.75, 3.05) is 39.9 Å². The van der Waals surface area contributed by atoms with Gasteiger partial charge in [0, 0.05) is 38.7 Å². The van der Waals surface area contributed by atoms with Crippen LogP contribution >= 0.6 is 0 Å². The summed E-state index contributed by atoms with van der Waals surface area (Å²) in [5.74, 6) is 0.648. The Bertz CT molecular complexity index is 1120. The number of ether oxygens (including phenoxy) is 1. The quantitative estimate of drug-likeness (QED) is 0.678. The highest BCUT2D eigenvalue weighted by molar-refractivity contribution is 7.89. The van der Waals surface area contributed by atoms with Gasteiger partial charge in [0.05, 0.1) is 10.8 Å². The van der Waals surface area contributed by atoms with E-state index in [1.165, 1.54) is 17.0 Å². The van der Waals surface area contributed by atoms with Crippen LogP contribution in [0.4, 0.5) is 0 Å². The van der Waals surface area contributed by atoms with Gasteiger partial charge in [0.2, 0.25) is 21.8 Å². The zero-order valence-electron chi connectivity index (χ0n) is 17.7. The number of fused-ring (bicyclic) bond motifs is 1. The van der Waals surface area contributed by atoms with E-state index in [2.05, 4.69) is 10.1 Å². The summed E-state index contributed by atoms with van der Waals surface area (Å²) >= 11 is 0. The number of hydrogen-bond acceptors (Lipinski definition) is 7. The van der Waals surface area contributed by atoms with E-state index < -0.39 is 15.4 Å². The van der Waals surface area contributed by atoms with Gasteiger partial charge in [0.15, 0.2) is 5.82 Å². The van der Waals surface area contributed by atoms with Crippen molar-refractivity contribution >= 4 is 15.9 Å². The van der Waals surface area contributed by atoms with Crippen LogP contribution in [0, 0.1) is 12.3 Å². The van der Waals surface area contributed by atoms with Gasteiger partial charge in [-0.15, -0.1) is 0 Å². The van der Waals surface area contributed by atoms with Crippen molar-refractivity contribution in [1.29, 1.82) is 0 Å². The topological polar surface area (TPSA) is 106 Å². The van der Waals surface area contributed by atoms with E-state index in [0.717, 1.165) is 24.8 Å². The first-order chi connectivity index (χ1) is 14.8. The minimum absolute atomic E-state index is 0.0111. The van der Waals surface area contributed by atoms with Crippen molar-refractivity contribution in [3.63, 3.8) is 0 Å². The summed E-state index contributed by atoms with van der Waals surface area (Å²) < 4.78 is 38.5. The maximum Gasteiger partial charge on any atom is 0.248 e. The van der Waals surface area contributed by atoms with Gasteiger partial charge in [0.25, 0.3) is 0 Å². The molecule has 0 N–H and O–H groups in total. The van der Waals surface area contributed by atoms with Crippen LogP contribution in [0.3, 0.4) is 0 Å². The van der Waals surface area contributed by atoms with Crippen molar-refractivity contribution in [3.05, 3.63) is 41.0 Å². The number of carbonyl (C=O) groups is 1. The molecule has 1 amide bonds. The van der Waals surface area contributed by atoms with Crippen molar-refractivity contribution in [3.8, 4) is 0 Å². The normalized spacial score (nSPS) is 22.6. The Hall–Kier alpha value is -2.30. The zero-order chi connectivity index (χ0) is 21.8. The van der Waals surface area contributed by atoms with Crippen LogP contribution in [-0.4, -0.2) is 73.6 Å². The number of hydrogen-bond donors (Lipinski definition) is 0. The molecule has 0 bridgehead atoms. The minimum atomic E-state index is -3.60. The second-order valence-corrected chi connectivity index (χ2v) is 10.8. The van der Waals surface area contributed by atoms with Crippen LogP contribution in [-0.2, 0) is 32.4 Å². The van der Waals surface area contributed by atoms with Gasteiger partial charge < -0.3 is 14.2 Å². The van der Waals surface area contributed by atoms with Gasteiger partial charge in [-0.2, -0.15) is 9.29 Å². The molecule has 10 heteroatoms. The highest BCUT2D eigenvalue weighted by atomic mass is 32.2. The van der Waals surface area contributed by atoms with Gasteiger partial charge in [-0.05, 0) is 49.4 Å². The van der Waals surface area contributed by atoms with Gasteiger partial charge in [-0.25, -0.2) is 8.42 Å². The molecule has 1 aromatic heterocycles. The number of likely N-dealkylation sites (tertiary alicyclic amines) is 1. The van der Waals surface area contributed by atoms with Crippen LogP contribution in [0.15, 0.2) is 27.6 Å². The molecule has 9 nitrogen and oxygen atoms in total. The summed E-state index contributed by atoms with van der Waals surface area (Å²) in [7, 11) is -2.11. The highest BCUT2D eigenvalue weighted by Gasteiger charge is 2.60. The van der Waals surface area contributed by atoms with Gasteiger partial charge in [-0.1, -0.05) is 11.2 Å². The summed E-state index contributed by atoms with van der Waals surface area (Å²) in [6.07, 6.45) is 3.01. The fourth-order valence-electron chi connectivity index (χ4n) is 5.17. The predicted molar refractivity (Wildman–Crippen MR) is 110 cm³/mol. The molecule has 31 heavy (non-hydrogen) atoms. The minimum Gasteiger partial charge on any atom is -0.375 e. The number of carbonyl (C=O) groups excluding carboxylic acids is 1. The van der Waals surface area contributed by atoms with Crippen molar-refractivity contribution in [2.24, 2.45) is 5.41 Å². The Balaban J connectivity index is 1.40. The summed E-state index contributed by atoms with van der Waals surface area (Å²) in [5, 5.41) is 3.89. The SMILES string of the molecule is COCC(=O)N1CC(c2nc(C)no2)C2(C1)CN(S(=O)(=O)c1ccc3c(c1)CCC3)C2. The molecule has 0 radical (unpaired) electrons. The summed E-state index contributed by atoms with van der Waals surface area (Å²) in [5.41, 5.74) is 1.94. The van der Waals surface area contributed by atoms with E-state index in [9.17, 15) is 13.2 Å². The summed E-state index contributed by atoms with van der Waals surface area (Å²) in [6.45, 7) is 3.22. The molecule has 3 aliphatic rings. The lowest BCUT2D eigenvalue weighted by atomic mass is 9.73. The van der Waals surface area contributed by atoms with Gasteiger partial charge in [-0.3, -0.25) is 4.79 Å². The van der Waals surface area contributed by atoms with Crippen molar-refractivity contribution in [2.45, 2.75) is 37.0 Å². The fraction of sp³-hybridized carbons (Fsp3) is 0.571. The Morgan fingerprint density at radius 1 is 1.26 bits per heavy atom. The molecule has 5 rings (SSSR count).